The van der Waals surface area contributed by atoms with Crippen molar-refractivity contribution in [3.05, 3.63) is 0 Å². The molecule has 0 aromatic heterocycles. The minimum atomic E-state index is -0.338. The van der Waals surface area contributed by atoms with Crippen molar-refractivity contribution >= 4 is 11.8 Å². The number of hydrogen-bond donors (Lipinski definition) is 0. The SMILES string of the molecule is CCOC(C)CN1C(=O)C2CCCCN2C(=O)C1C(C)C. The van der Waals surface area contributed by atoms with Gasteiger partial charge in [-0.3, -0.25) is 9.59 Å². The van der Waals surface area contributed by atoms with Crippen LogP contribution in [0.25, 0.3) is 0 Å². The number of hydrogen-bond acceptors (Lipinski definition) is 3. The van der Waals surface area contributed by atoms with Gasteiger partial charge in [0.05, 0.1) is 6.10 Å². The monoisotopic (exact) mass is 296 g/mol. The predicted molar refractivity (Wildman–Crippen MR) is 80.8 cm³/mol. The molecule has 3 atom stereocenters. The van der Waals surface area contributed by atoms with Crippen LogP contribution in [0.1, 0.15) is 47.0 Å². The predicted octanol–water partition coefficient (Wildman–Crippen LogP) is 1.66. The van der Waals surface area contributed by atoms with Gasteiger partial charge in [-0.2, -0.15) is 0 Å². The van der Waals surface area contributed by atoms with Gasteiger partial charge in [0.15, 0.2) is 0 Å². The summed E-state index contributed by atoms with van der Waals surface area (Å²) >= 11 is 0. The molecule has 0 spiro atoms. The van der Waals surface area contributed by atoms with Crippen molar-refractivity contribution in [2.75, 3.05) is 19.7 Å². The third-order valence-corrected chi connectivity index (χ3v) is 4.48. The van der Waals surface area contributed by atoms with E-state index < -0.39 is 0 Å². The average molecular weight is 296 g/mol. The van der Waals surface area contributed by atoms with Crippen LogP contribution in [0.3, 0.4) is 0 Å². The van der Waals surface area contributed by atoms with Gasteiger partial charge in [0.2, 0.25) is 11.8 Å². The fourth-order valence-corrected chi connectivity index (χ4v) is 3.55. The maximum absolute atomic E-state index is 12.8. The van der Waals surface area contributed by atoms with E-state index in [4.69, 9.17) is 4.74 Å². The summed E-state index contributed by atoms with van der Waals surface area (Å²) in [6, 6.07) is -0.579. The van der Waals surface area contributed by atoms with Crippen LogP contribution >= 0.6 is 0 Å². The zero-order chi connectivity index (χ0) is 15.6. The molecule has 0 saturated carbocycles. The molecule has 2 saturated heterocycles. The van der Waals surface area contributed by atoms with E-state index in [1.54, 1.807) is 4.90 Å². The molecule has 2 aliphatic rings. The number of rotatable bonds is 5. The summed E-state index contributed by atoms with van der Waals surface area (Å²) in [5.74, 6) is 0.357. The lowest BCUT2D eigenvalue weighted by atomic mass is 9.90. The lowest BCUT2D eigenvalue weighted by Crippen LogP contribution is -2.67. The van der Waals surface area contributed by atoms with E-state index >= 15 is 0 Å². The van der Waals surface area contributed by atoms with E-state index in [0.29, 0.717) is 13.2 Å². The number of carbonyl (C=O) groups excluding carboxylic acids is 2. The van der Waals surface area contributed by atoms with Gasteiger partial charge in [-0.1, -0.05) is 13.8 Å². The van der Waals surface area contributed by atoms with Gasteiger partial charge in [-0.15, -0.1) is 0 Å². The number of nitrogens with zero attached hydrogens (tertiary/aromatic N) is 2. The smallest absolute Gasteiger partial charge is 0.246 e. The number of piperazine rings is 1. The highest BCUT2D eigenvalue weighted by Crippen LogP contribution is 2.29. The third kappa shape index (κ3) is 3.23. The first-order valence-corrected chi connectivity index (χ1v) is 8.20. The molecule has 0 aromatic carbocycles. The van der Waals surface area contributed by atoms with Crippen LogP contribution < -0.4 is 0 Å². The molecular weight excluding hydrogens is 268 g/mol. The third-order valence-electron chi connectivity index (χ3n) is 4.48. The maximum atomic E-state index is 12.8. The molecule has 2 rings (SSSR count). The van der Waals surface area contributed by atoms with E-state index in [-0.39, 0.29) is 35.9 Å². The average Bonchev–Trinajstić information content (AvgIpc) is 2.44. The van der Waals surface area contributed by atoms with Crippen LogP contribution in [0.4, 0.5) is 0 Å². The Labute approximate surface area is 127 Å². The molecular formula is C16H28N2O3. The number of ether oxygens (including phenoxy) is 1. The second kappa shape index (κ2) is 6.77. The lowest BCUT2D eigenvalue weighted by Gasteiger charge is -2.48. The van der Waals surface area contributed by atoms with Crippen LogP contribution in [-0.2, 0) is 14.3 Å². The van der Waals surface area contributed by atoms with E-state index in [1.807, 2.05) is 32.6 Å². The van der Waals surface area contributed by atoms with Gasteiger partial charge in [-0.25, -0.2) is 0 Å². The van der Waals surface area contributed by atoms with Crippen molar-refractivity contribution in [2.45, 2.75) is 65.1 Å². The second-order valence-corrected chi connectivity index (χ2v) is 6.49. The minimum Gasteiger partial charge on any atom is -0.377 e. The first kappa shape index (κ1) is 16.3. The molecule has 0 aromatic rings. The molecule has 0 aliphatic carbocycles. The molecule has 0 bridgehead atoms. The first-order valence-electron chi connectivity index (χ1n) is 8.20. The zero-order valence-corrected chi connectivity index (χ0v) is 13.7. The van der Waals surface area contributed by atoms with Gasteiger partial charge < -0.3 is 14.5 Å². The molecule has 21 heavy (non-hydrogen) atoms. The van der Waals surface area contributed by atoms with Gasteiger partial charge in [-0.05, 0) is 39.0 Å². The highest BCUT2D eigenvalue weighted by atomic mass is 16.5. The Balaban J connectivity index is 2.22. The molecule has 120 valence electrons. The summed E-state index contributed by atoms with van der Waals surface area (Å²) in [6.45, 7) is 9.79. The number of fused-ring (bicyclic) bond motifs is 1. The number of carbonyl (C=O) groups is 2. The quantitative estimate of drug-likeness (QED) is 0.775. The number of amides is 2. The Hall–Kier alpha value is -1.10. The Morgan fingerprint density at radius 1 is 1.19 bits per heavy atom. The van der Waals surface area contributed by atoms with Crippen molar-refractivity contribution in [3.63, 3.8) is 0 Å². The highest BCUT2D eigenvalue weighted by Gasteiger charge is 2.47. The van der Waals surface area contributed by atoms with E-state index in [1.165, 1.54) is 0 Å². The van der Waals surface area contributed by atoms with E-state index in [9.17, 15) is 9.59 Å². The molecule has 5 heteroatoms. The summed E-state index contributed by atoms with van der Waals surface area (Å²) in [6.07, 6.45) is 2.80. The first-order chi connectivity index (χ1) is 9.97. The molecule has 2 aliphatic heterocycles. The molecule has 2 heterocycles. The zero-order valence-electron chi connectivity index (χ0n) is 13.7. The van der Waals surface area contributed by atoms with Crippen LogP contribution in [0, 0.1) is 5.92 Å². The molecule has 5 nitrogen and oxygen atoms in total. The summed E-state index contributed by atoms with van der Waals surface area (Å²) in [5.41, 5.74) is 0. The van der Waals surface area contributed by atoms with Gasteiger partial charge >= 0.3 is 0 Å². The molecule has 2 amide bonds. The molecule has 0 radical (unpaired) electrons. The number of piperidine rings is 1. The molecule has 0 N–H and O–H groups in total. The van der Waals surface area contributed by atoms with Crippen LogP contribution in [0.15, 0.2) is 0 Å². The van der Waals surface area contributed by atoms with Crippen molar-refractivity contribution in [3.8, 4) is 0 Å². The summed E-state index contributed by atoms with van der Waals surface area (Å²) in [4.78, 5) is 29.2. The Bertz CT molecular complexity index is 397. The van der Waals surface area contributed by atoms with Crippen molar-refractivity contribution in [2.24, 2.45) is 5.92 Å². The van der Waals surface area contributed by atoms with Gasteiger partial charge in [0.25, 0.3) is 0 Å². The fraction of sp³-hybridized carbons (Fsp3) is 0.875. The van der Waals surface area contributed by atoms with Crippen LogP contribution in [0.5, 0.6) is 0 Å². The van der Waals surface area contributed by atoms with Crippen molar-refractivity contribution in [1.82, 2.24) is 9.80 Å². The van der Waals surface area contributed by atoms with Gasteiger partial charge in [0.1, 0.15) is 12.1 Å². The fourth-order valence-electron chi connectivity index (χ4n) is 3.55. The summed E-state index contributed by atoms with van der Waals surface area (Å²) in [7, 11) is 0. The van der Waals surface area contributed by atoms with E-state index in [2.05, 4.69) is 0 Å². The summed E-state index contributed by atoms with van der Waals surface area (Å²) < 4.78 is 5.57. The van der Waals surface area contributed by atoms with Crippen molar-refractivity contribution < 1.29 is 14.3 Å². The Morgan fingerprint density at radius 2 is 1.90 bits per heavy atom. The maximum Gasteiger partial charge on any atom is 0.246 e. The second-order valence-electron chi connectivity index (χ2n) is 6.49. The lowest BCUT2D eigenvalue weighted by molar-refractivity contribution is -0.167. The molecule has 3 unspecified atom stereocenters. The molecule has 2 fully saturated rings. The van der Waals surface area contributed by atoms with E-state index in [0.717, 1.165) is 25.8 Å². The van der Waals surface area contributed by atoms with Crippen LogP contribution in [0.2, 0.25) is 0 Å². The Kier molecular flexibility index (Phi) is 5.25. The minimum absolute atomic E-state index is 0.0388. The van der Waals surface area contributed by atoms with Crippen LogP contribution in [-0.4, -0.2) is 59.5 Å². The topological polar surface area (TPSA) is 49.9 Å². The van der Waals surface area contributed by atoms with Crippen molar-refractivity contribution in [1.29, 1.82) is 0 Å². The normalized spacial score (nSPS) is 28.0. The standard InChI is InChI=1S/C16H28N2O3/c1-5-21-12(4)10-18-14(11(2)3)16(20)17-9-7-6-8-13(17)15(18)19/h11-14H,5-10H2,1-4H3. The largest absolute Gasteiger partial charge is 0.377 e. The Morgan fingerprint density at radius 3 is 2.52 bits per heavy atom. The van der Waals surface area contributed by atoms with Gasteiger partial charge in [0, 0.05) is 19.7 Å². The summed E-state index contributed by atoms with van der Waals surface area (Å²) in [5, 5.41) is 0. The highest BCUT2D eigenvalue weighted by molar-refractivity contribution is 5.97.